The van der Waals surface area contributed by atoms with Crippen molar-refractivity contribution in [3.63, 3.8) is 0 Å². The number of rotatable bonds is 3. The number of carbonyl (C=O) groups is 1. The fourth-order valence-corrected chi connectivity index (χ4v) is 4.22. The third kappa shape index (κ3) is 4.26. The van der Waals surface area contributed by atoms with Crippen molar-refractivity contribution in [1.82, 2.24) is 5.32 Å². The molecule has 0 bridgehead atoms. The molecule has 0 atom stereocenters. The second kappa shape index (κ2) is 8.05. The topological polar surface area (TPSA) is 44.7 Å². The van der Waals surface area contributed by atoms with Crippen molar-refractivity contribution in [2.24, 2.45) is 4.99 Å². The lowest BCUT2D eigenvalue weighted by atomic mass is 10.2. The number of hydrogen-bond donors (Lipinski definition) is 1. The maximum Gasteiger partial charge on any atom is 0.264 e. The van der Waals surface area contributed by atoms with Gasteiger partial charge in [-0.1, -0.05) is 35.3 Å². The molecule has 2 aromatic rings. The Kier molecular flexibility index (Phi) is 5.97. The summed E-state index contributed by atoms with van der Waals surface area (Å²) in [5.41, 5.74) is 2.50. The van der Waals surface area contributed by atoms with Crippen LogP contribution in [-0.2, 0) is 4.79 Å². The smallest absolute Gasteiger partial charge is 0.264 e. The van der Waals surface area contributed by atoms with Crippen molar-refractivity contribution in [3.8, 4) is 0 Å². The van der Waals surface area contributed by atoms with Gasteiger partial charge in [-0.05, 0) is 63.6 Å². The molecule has 1 saturated heterocycles. The minimum absolute atomic E-state index is 0.195. The van der Waals surface area contributed by atoms with Gasteiger partial charge in [-0.25, -0.2) is 4.99 Å². The predicted molar refractivity (Wildman–Crippen MR) is 116 cm³/mol. The van der Waals surface area contributed by atoms with Crippen molar-refractivity contribution >= 4 is 79.4 Å². The van der Waals surface area contributed by atoms with E-state index in [0.717, 1.165) is 15.7 Å². The summed E-state index contributed by atoms with van der Waals surface area (Å²) in [7, 11) is 3.95. The fourth-order valence-electron chi connectivity index (χ4n) is 2.30. The molecule has 0 radical (unpaired) electrons. The highest BCUT2D eigenvalue weighted by atomic mass is 79.9. The van der Waals surface area contributed by atoms with E-state index in [4.69, 9.17) is 23.2 Å². The Morgan fingerprint density at radius 3 is 2.69 bits per heavy atom. The van der Waals surface area contributed by atoms with E-state index in [0.29, 0.717) is 25.8 Å². The molecule has 1 aliphatic heterocycles. The summed E-state index contributed by atoms with van der Waals surface area (Å²) < 4.78 is 0.958. The van der Waals surface area contributed by atoms with Crippen LogP contribution in [0.5, 0.6) is 0 Å². The third-order valence-electron chi connectivity index (χ3n) is 3.56. The largest absolute Gasteiger partial charge is 0.377 e. The second-order valence-corrected chi connectivity index (χ2v) is 8.33. The molecular weight excluding hydrogens is 457 g/mol. The summed E-state index contributed by atoms with van der Waals surface area (Å²) in [5, 5.41) is 3.99. The number of benzene rings is 2. The molecule has 4 nitrogen and oxygen atoms in total. The lowest BCUT2D eigenvalue weighted by Gasteiger charge is -2.14. The van der Waals surface area contributed by atoms with Crippen LogP contribution < -0.4 is 10.2 Å². The molecule has 0 saturated carbocycles. The molecule has 0 aliphatic carbocycles. The first-order chi connectivity index (χ1) is 12.3. The fraction of sp³-hybridized carbons (Fsp3) is 0.111. The molecule has 1 heterocycles. The monoisotopic (exact) mass is 469 g/mol. The van der Waals surface area contributed by atoms with Gasteiger partial charge in [-0.3, -0.25) is 4.79 Å². The van der Waals surface area contributed by atoms with Gasteiger partial charge in [0, 0.05) is 18.6 Å². The molecule has 1 aliphatic rings. The summed E-state index contributed by atoms with van der Waals surface area (Å²) in [4.78, 5) is 19.2. The Balaban J connectivity index is 1.86. The number of hydrogen-bond acceptors (Lipinski definition) is 4. The van der Waals surface area contributed by atoms with Gasteiger partial charge in [0.15, 0.2) is 5.17 Å². The molecule has 0 spiro atoms. The van der Waals surface area contributed by atoms with E-state index in [-0.39, 0.29) is 5.91 Å². The lowest BCUT2D eigenvalue weighted by Crippen LogP contribution is -2.19. The van der Waals surface area contributed by atoms with Crippen molar-refractivity contribution in [1.29, 1.82) is 0 Å². The molecular formula is C18H14BrCl2N3OS. The van der Waals surface area contributed by atoms with Crippen LogP contribution in [0.15, 0.2) is 50.8 Å². The van der Waals surface area contributed by atoms with Crippen molar-refractivity contribution in [2.45, 2.75) is 0 Å². The Morgan fingerprint density at radius 2 is 2.00 bits per heavy atom. The first-order valence-corrected chi connectivity index (χ1v) is 9.92. The Labute approximate surface area is 174 Å². The van der Waals surface area contributed by atoms with Crippen LogP contribution in [0.3, 0.4) is 0 Å². The first-order valence-electron chi connectivity index (χ1n) is 7.55. The van der Waals surface area contributed by atoms with E-state index in [2.05, 4.69) is 26.2 Å². The molecule has 0 unspecified atom stereocenters. The van der Waals surface area contributed by atoms with Crippen LogP contribution in [0.4, 0.5) is 11.4 Å². The summed E-state index contributed by atoms with van der Waals surface area (Å²) in [6.45, 7) is 0. The van der Waals surface area contributed by atoms with E-state index in [1.165, 1.54) is 11.8 Å². The predicted octanol–water partition coefficient (Wildman–Crippen LogP) is 5.71. The van der Waals surface area contributed by atoms with E-state index >= 15 is 0 Å². The summed E-state index contributed by atoms with van der Waals surface area (Å²) in [6, 6.07) is 11.1. The first kappa shape index (κ1) is 19.3. The minimum atomic E-state index is -0.195. The van der Waals surface area contributed by atoms with Crippen molar-refractivity contribution in [3.05, 3.63) is 61.4 Å². The van der Waals surface area contributed by atoms with E-state index in [1.54, 1.807) is 18.2 Å². The maximum atomic E-state index is 12.2. The van der Waals surface area contributed by atoms with Crippen LogP contribution in [0.25, 0.3) is 6.08 Å². The maximum absolute atomic E-state index is 12.2. The molecule has 26 heavy (non-hydrogen) atoms. The van der Waals surface area contributed by atoms with Crippen LogP contribution in [-0.4, -0.2) is 25.2 Å². The third-order valence-corrected chi connectivity index (χ3v) is 5.91. The van der Waals surface area contributed by atoms with Gasteiger partial charge in [0.05, 0.1) is 26.3 Å². The number of amides is 1. The average molecular weight is 471 g/mol. The highest BCUT2D eigenvalue weighted by Gasteiger charge is 2.24. The van der Waals surface area contributed by atoms with Gasteiger partial charge in [-0.2, -0.15) is 0 Å². The number of aliphatic imine (C=N–C) groups is 1. The van der Waals surface area contributed by atoms with Gasteiger partial charge in [-0.15, -0.1) is 0 Å². The molecule has 3 rings (SSSR count). The van der Waals surface area contributed by atoms with E-state index in [1.807, 2.05) is 43.3 Å². The molecule has 1 amide bonds. The zero-order valence-corrected chi connectivity index (χ0v) is 17.8. The summed E-state index contributed by atoms with van der Waals surface area (Å²) >= 11 is 17.0. The molecule has 1 fully saturated rings. The minimum Gasteiger partial charge on any atom is -0.377 e. The second-order valence-electron chi connectivity index (χ2n) is 5.66. The van der Waals surface area contributed by atoms with E-state index < -0.39 is 0 Å². The van der Waals surface area contributed by atoms with Gasteiger partial charge in [0.1, 0.15) is 0 Å². The normalized spacial score (nSPS) is 17.0. The van der Waals surface area contributed by atoms with Gasteiger partial charge >= 0.3 is 0 Å². The number of nitrogens with one attached hydrogen (secondary N) is 1. The number of thioether (sulfide) groups is 1. The van der Waals surface area contributed by atoms with Crippen LogP contribution >= 0.6 is 50.9 Å². The highest BCUT2D eigenvalue weighted by molar-refractivity contribution is 9.10. The molecule has 134 valence electrons. The van der Waals surface area contributed by atoms with Gasteiger partial charge in [0.25, 0.3) is 5.91 Å². The number of anilines is 1. The van der Waals surface area contributed by atoms with Gasteiger partial charge in [0.2, 0.25) is 0 Å². The van der Waals surface area contributed by atoms with Crippen molar-refractivity contribution in [2.75, 3.05) is 19.0 Å². The molecule has 1 N–H and O–H groups in total. The van der Waals surface area contributed by atoms with Crippen LogP contribution in [0.1, 0.15) is 5.56 Å². The number of amidine groups is 1. The average Bonchev–Trinajstić information content (AvgIpc) is 2.91. The zero-order chi connectivity index (χ0) is 18.8. The highest BCUT2D eigenvalue weighted by Crippen LogP contribution is 2.35. The Hall–Kier alpha value is -1.47. The number of nitrogens with zero attached hydrogens (tertiary/aromatic N) is 2. The Bertz CT molecular complexity index is 944. The molecule has 0 aromatic heterocycles. The molecule has 8 heteroatoms. The summed E-state index contributed by atoms with van der Waals surface area (Å²) in [5.74, 6) is -0.195. The van der Waals surface area contributed by atoms with Crippen molar-refractivity contribution < 1.29 is 4.79 Å². The van der Waals surface area contributed by atoms with Gasteiger partial charge < -0.3 is 10.2 Å². The summed E-state index contributed by atoms with van der Waals surface area (Å²) in [6.07, 6.45) is 1.83. The quantitative estimate of drug-likeness (QED) is 0.584. The standard InChI is InChI=1S/C18H14BrCl2N3OS/c1-24(2)14-7-6-10(8-11(14)19)9-15-17(25)23-18(26-15)22-13-5-3-4-12(20)16(13)21/h3-9H,1-2H3,(H,22,23,25)/b15-9-. The number of halogens is 3. The van der Waals surface area contributed by atoms with E-state index in [9.17, 15) is 4.79 Å². The number of carbonyl (C=O) groups excluding carboxylic acids is 1. The SMILES string of the molecule is CN(C)c1ccc(/C=C2\SC(=Nc3cccc(Cl)c3Cl)NC2=O)cc1Br. The Morgan fingerprint density at radius 1 is 1.23 bits per heavy atom. The van der Waals surface area contributed by atoms with Crippen LogP contribution in [0.2, 0.25) is 10.0 Å². The van der Waals surface area contributed by atoms with Crippen LogP contribution in [0, 0.1) is 0 Å². The zero-order valence-electron chi connectivity index (χ0n) is 13.9. The molecule has 2 aromatic carbocycles. The lowest BCUT2D eigenvalue weighted by molar-refractivity contribution is -0.115.